The van der Waals surface area contributed by atoms with Crippen LogP contribution in [0.2, 0.25) is 0 Å². The van der Waals surface area contributed by atoms with Crippen LogP contribution in [0.15, 0.2) is 47.5 Å². The minimum atomic E-state index is -3.99. The van der Waals surface area contributed by atoms with Gasteiger partial charge < -0.3 is 14.8 Å². The van der Waals surface area contributed by atoms with Gasteiger partial charge in [0.15, 0.2) is 0 Å². The standard InChI is InChI=1S/C15H14N3O4P/c19-13-6-5-12-14(16-9-17-15(12)18-13)11-3-1-10(2-4-11)7-8-23(20,21)22/h1-6,9H,7-8H2,(H2,20,21,22)(H,16,17,18,19). The zero-order chi connectivity index (χ0) is 16.4. The molecule has 0 radical (unpaired) electrons. The normalized spacial score (nSPS) is 11.7. The largest absolute Gasteiger partial charge is 0.325 e. The Labute approximate surface area is 131 Å². The minimum absolute atomic E-state index is 0.177. The van der Waals surface area contributed by atoms with Crippen LogP contribution in [0.25, 0.3) is 22.3 Å². The molecule has 0 atom stereocenters. The molecular weight excluding hydrogens is 317 g/mol. The molecule has 0 bridgehead atoms. The Bertz CT molecular complexity index is 947. The summed E-state index contributed by atoms with van der Waals surface area (Å²) in [4.78, 5) is 40.2. The summed E-state index contributed by atoms with van der Waals surface area (Å²) in [6.45, 7) is 0. The van der Waals surface area contributed by atoms with E-state index >= 15 is 0 Å². The molecule has 23 heavy (non-hydrogen) atoms. The Kier molecular flexibility index (Phi) is 4.09. The van der Waals surface area contributed by atoms with Crippen molar-refractivity contribution in [3.8, 4) is 11.3 Å². The molecule has 0 aliphatic heterocycles. The Morgan fingerprint density at radius 1 is 1.04 bits per heavy atom. The number of benzene rings is 1. The van der Waals surface area contributed by atoms with E-state index in [-0.39, 0.29) is 11.7 Å². The second-order valence-corrected chi connectivity index (χ2v) is 6.92. The van der Waals surface area contributed by atoms with E-state index in [0.717, 1.165) is 16.5 Å². The molecule has 0 aliphatic rings. The predicted octanol–water partition coefficient (Wildman–Crippen LogP) is 1.71. The third-order valence-corrected chi connectivity index (χ3v) is 4.25. The Balaban J connectivity index is 1.93. The maximum atomic E-state index is 11.3. The van der Waals surface area contributed by atoms with E-state index in [4.69, 9.17) is 9.79 Å². The van der Waals surface area contributed by atoms with Gasteiger partial charge in [-0.2, -0.15) is 0 Å². The van der Waals surface area contributed by atoms with Gasteiger partial charge in [-0.3, -0.25) is 9.36 Å². The Morgan fingerprint density at radius 3 is 2.48 bits per heavy atom. The van der Waals surface area contributed by atoms with Gasteiger partial charge in [0.2, 0.25) is 5.56 Å². The molecule has 118 valence electrons. The molecule has 0 fully saturated rings. The molecule has 0 amide bonds. The van der Waals surface area contributed by atoms with Crippen molar-refractivity contribution in [3.63, 3.8) is 0 Å². The zero-order valence-corrected chi connectivity index (χ0v) is 12.9. The van der Waals surface area contributed by atoms with Crippen LogP contribution < -0.4 is 5.56 Å². The second kappa shape index (κ2) is 6.04. The molecule has 7 nitrogen and oxygen atoms in total. The average Bonchev–Trinajstić information content (AvgIpc) is 2.52. The summed E-state index contributed by atoms with van der Waals surface area (Å²) in [7, 11) is -3.99. The molecule has 0 saturated heterocycles. The van der Waals surface area contributed by atoms with Gasteiger partial charge in [0, 0.05) is 17.0 Å². The summed E-state index contributed by atoms with van der Waals surface area (Å²) < 4.78 is 10.9. The third kappa shape index (κ3) is 3.71. The van der Waals surface area contributed by atoms with Gasteiger partial charge >= 0.3 is 7.60 Å². The molecule has 0 aliphatic carbocycles. The number of aryl methyl sites for hydroxylation is 1. The highest BCUT2D eigenvalue weighted by Crippen LogP contribution is 2.35. The summed E-state index contributed by atoms with van der Waals surface area (Å²) in [5.41, 5.74) is 2.60. The fourth-order valence-electron chi connectivity index (χ4n) is 2.30. The van der Waals surface area contributed by atoms with Crippen molar-refractivity contribution in [2.45, 2.75) is 6.42 Å². The number of hydrogen-bond acceptors (Lipinski definition) is 4. The molecule has 0 saturated carbocycles. The van der Waals surface area contributed by atoms with E-state index < -0.39 is 7.60 Å². The fraction of sp³-hybridized carbons (Fsp3) is 0.133. The van der Waals surface area contributed by atoms with E-state index in [1.165, 1.54) is 12.4 Å². The van der Waals surface area contributed by atoms with E-state index in [2.05, 4.69) is 15.0 Å². The maximum absolute atomic E-state index is 11.3. The van der Waals surface area contributed by atoms with Gasteiger partial charge in [0.05, 0.1) is 11.9 Å². The highest BCUT2D eigenvalue weighted by Gasteiger charge is 2.13. The number of nitrogens with one attached hydrogen (secondary N) is 1. The number of aromatic amines is 1. The smallest absolute Gasteiger partial charge is 0.324 e. The summed E-state index contributed by atoms with van der Waals surface area (Å²) in [5, 5.41) is 0.732. The molecule has 2 aromatic heterocycles. The summed E-state index contributed by atoms with van der Waals surface area (Å²) in [6.07, 6.45) is 1.52. The monoisotopic (exact) mass is 331 g/mol. The van der Waals surface area contributed by atoms with Crippen LogP contribution in [0.4, 0.5) is 0 Å². The van der Waals surface area contributed by atoms with E-state index in [1.54, 1.807) is 6.07 Å². The summed E-state index contributed by atoms with van der Waals surface area (Å²) in [6, 6.07) is 10.4. The topological polar surface area (TPSA) is 116 Å². The van der Waals surface area contributed by atoms with Crippen LogP contribution in [-0.2, 0) is 11.0 Å². The lowest BCUT2D eigenvalue weighted by molar-refractivity contribution is 0.373. The van der Waals surface area contributed by atoms with Crippen LogP contribution in [0.5, 0.6) is 0 Å². The number of aromatic nitrogens is 3. The van der Waals surface area contributed by atoms with E-state index in [1.807, 2.05) is 24.3 Å². The highest BCUT2D eigenvalue weighted by atomic mass is 31.2. The van der Waals surface area contributed by atoms with Gasteiger partial charge in [0.25, 0.3) is 0 Å². The van der Waals surface area contributed by atoms with Crippen LogP contribution in [0.1, 0.15) is 5.56 Å². The molecule has 8 heteroatoms. The van der Waals surface area contributed by atoms with Crippen LogP contribution in [0.3, 0.4) is 0 Å². The van der Waals surface area contributed by atoms with Crippen LogP contribution in [0, 0.1) is 0 Å². The van der Waals surface area contributed by atoms with Crippen molar-refractivity contribution in [2.75, 3.05) is 6.16 Å². The SMILES string of the molecule is O=c1ccc2c(-c3ccc(CCP(=O)(O)O)cc3)ncnc2[nH]1. The first-order chi connectivity index (χ1) is 10.9. The Morgan fingerprint density at radius 2 is 1.78 bits per heavy atom. The van der Waals surface area contributed by atoms with Gasteiger partial charge in [0.1, 0.15) is 12.0 Å². The number of hydrogen-bond donors (Lipinski definition) is 3. The van der Waals surface area contributed by atoms with Crippen LogP contribution in [-0.4, -0.2) is 30.9 Å². The zero-order valence-electron chi connectivity index (χ0n) is 12.0. The van der Waals surface area contributed by atoms with Gasteiger partial charge in [-0.15, -0.1) is 0 Å². The Hall–Kier alpha value is -2.34. The van der Waals surface area contributed by atoms with Crippen molar-refractivity contribution in [3.05, 3.63) is 58.6 Å². The van der Waals surface area contributed by atoms with Gasteiger partial charge in [-0.25, -0.2) is 9.97 Å². The number of fused-ring (bicyclic) bond motifs is 1. The lowest BCUT2D eigenvalue weighted by Gasteiger charge is -2.07. The van der Waals surface area contributed by atoms with E-state index in [9.17, 15) is 9.36 Å². The van der Waals surface area contributed by atoms with Crippen LogP contribution >= 0.6 is 7.60 Å². The average molecular weight is 331 g/mol. The van der Waals surface area contributed by atoms with Crippen molar-refractivity contribution in [2.24, 2.45) is 0 Å². The van der Waals surface area contributed by atoms with E-state index in [0.29, 0.717) is 17.8 Å². The molecule has 3 aromatic rings. The second-order valence-electron chi connectivity index (χ2n) is 5.14. The molecule has 0 unspecified atom stereocenters. The lowest BCUT2D eigenvalue weighted by atomic mass is 10.1. The minimum Gasteiger partial charge on any atom is -0.324 e. The van der Waals surface area contributed by atoms with Crippen molar-refractivity contribution >= 4 is 18.6 Å². The van der Waals surface area contributed by atoms with Gasteiger partial charge in [-0.1, -0.05) is 24.3 Å². The molecular formula is C15H14N3O4P. The molecule has 1 aromatic carbocycles. The first kappa shape index (κ1) is 15.6. The number of rotatable bonds is 4. The summed E-state index contributed by atoms with van der Waals surface area (Å²) >= 11 is 0. The molecule has 0 spiro atoms. The fourth-order valence-corrected chi connectivity index (χ4v) is 2.85. The van der Waals surface area contributed by atoms with Gasteiger partial charge in [-0.05, 0) is 18.1 Å². The third-order valence-electron chi connectivity index (χ3n) is 3.45. The first-order valence-corrected chi connectivity index (χ1v) is 8.70. The predicted molar refractivity (Wildman–Crippen MR) is 86.2 cm³/mol. The first-order valence-electron chi connectivity index (χ1n) is 6.90. The quantitative estimate of drug-likeness (QED) is 0.627. The maximum Gasteiger partial charge on any atom is 0.325 e. The number of pyridine rings is 1. The van der Waals surface area contributed by atoms with Crippen molar-refractivity contribution < 1.29 is 14.4 Å². The summed E-state index contributed by atoms with van der Waals surface area (Å²) in [5.74, 6) is 0. The number of H-pyrrole nitrogens is 1. The highest BCUT2D eigenvalue weighted by molar-refractivity contribution is 7.51. The lowest BCUT2D eigenvalue weighted by Crippen LogP contribution is -2.04. The molecule has 3 N–H and O–H groups in total. The molecule has 2 heterocycles. The number of nitrogens with zero attached hydrogens (tertiary/aromatic N) is 2. The molecule has 3 rings (SSSR count). The van der Waals surface area contributed by atoms with Crippen molar-refractivity contribution in [1.82, 2.24) is 15.0 Å². The van der Waals surface area contributed by atoms with Crippen molar-refractivity contribution in [1.29, 1.82) is 0 Å².